The average molecular weight is 265 g/mol. The molecule has 4 heteroatoms. The van der Waals surface area contributed by atoms with E-state index in [1.54, 1.807) is 7.11 Å². The van der Waals surface area contributed by atoms with Crippen LogP contribution in [0.15, 0.2) is 24.3 Å². The summed E-state index contributed by atoms with van der Waals surface area (Å²) in [6.07, 6.45) is 2.96. The molecule has 1 aliphatic rings. The van der Waals surface area contributed by atoms with Gasteiger partial charge in [0.2, 0.25) is 5.91 Å². The molecule has 1 fully saturated rings. The van der Waals surface area contributed by atoms with Gasteiger partial charge in [0.15, 0.2) is 0 Å². The van der Waals surface area contributed by atoms with Crippen molar-refractivity contribution in [1.29, 1.82) is 0 Å². The first-order valence-corrected chi connectivity index (χ1v) is 7.45. The van der Waals surface area contributed by atoms with Crippen molar-refractivity contribution in [3.63, 3.8) is 0 Å². The molecule has 1 saturated heterocycles. The number of amides is 1. The van der Waals surface area contributed by atoms with Gasteiger partial charge in [-0.25, -0.2) is 0 Å². The number of hydrogen-bond acceptors (Lipinski definition) is 3. The minimum absolute atomic E-state index is 0.111. The SMILES string of the molecule is COc1cccc(NC(=O)CC2CCSCC2)c1. The maximum atomic E-state index is 11.9. The maximum absolute atomic E-state index is 11.9. The van der Waals surface area contributed by atoms with E-state index in [2.05, 4.69) is 5.32 Å². The normalized spacial score (nSPS) is 16.3. The molecule has 0 aromatic heterocycles. The zero-order valence-corrected chi connectivity index (χ0v) is 11.5. The van der Waals surface area contributed by atoms with Gasteiger partial charge in [-0.3, -0.25) is 4.79 Å². The molecule has 1 aromatic rings. The van der Waals surface area contributed by atoms with Gasteiger partial charge in [-0.2, -0.15) is 11.8 Å². The highest BCUT2D eigenvalue weighted by molar-refractivity contribution is 7.99. The number of methoxy groups -OCH3 is 1. The van der Waals surface area contributed by atoms with Crippen molar-refractivity contribution in [3.05, 3.63) is 24.3 Å². The molecule has 0 spiro atoms. The van der Waals surface area contributed by atoms with Gasteiger partial charge in [-0.05, 0) is 42.4 Å². The summed E-state index contributed by atoms with van der Waals surface area (Å²) in [5, 5.41) is 2.94. The van der Waals surface area contributed by atoms with Gasteiger partial charge in [-0.15, -0.1) is 0 Å². The van der Waals surface area contributed by atoms with E-state index in [4.69, 9.17) is 4.74 Å². The largest absolute Gasteiger partial charge is 0.497 e. The minimum atomic E-state index is 0.111. The standard InChI is InChI=1S/C14H19NO2S/c1-17-13-4-2-3-12(10-13)15-14(16)9-11-5-7-18-8-6-11/h2-4,10-11H,5-9H2,1H3,(H,15,16). The molecule has 0 radical (unpaired) electrons. The van der Waals surface area contributed by atoms with E-state index in [0.717, 1.165) is 24.3 Å². The number of nitrogens with one attached hydrogen (secondary N) is 1. The van der Waals surface area contributed by atoms with E-state index in [1.807, 2.05) is 36.0 Å². The van der Waals surface area contributed by atoms with Crippen molar-refractivity contribution in [1.82, 2.24) is 0 Å². The highest BCUT2D eigenvalue weighted by Gasteiger charge is 2.17. The number of carbonyl (C=O) groups is 1. The van der Waals surface area contributed by atoms with Crippen LogP contribution in [0.5, 0.6) is 5.75 Å². The summed E-state index contributed by atoms with van der Waals surface area (Å²) >= 11 is 1.99. The maximum Gasteiger partial charge on any atom is 0.224 e. The lowest BCUT2D eigenvalue weighted by molar-refractivity contribution is -0.117. The molecule has 0 unspecified atom stereocenters. The summed E-state index contributed by atoms with van der Waals surface area (Å²) in [5.74, 6) is 3.81. The molecule has 1 aromatic carbocycles. The van der Waals surface area contributed by atoms with Crippen LogP contribution in [0.4, 0.5) is 5.69 Å². The van der Waals surface area contributed by atoms with E-state index in [9.17, 15) is 4.79 Å². The lowest BCUT2D eigenvalue weighted by atomic mass is 9.98. The summed E-state index contributed by atoms with van der Waals surface area (Å²) in [7, 11) is 1.63. The van der Waals surface area contributed by atoms with Gasteiger partial charge in [0.25, 0.3) is 0 Å². The van der Waals surface area contributed by atoms with Crippen LogP contribution in [0.3, 0.4) is 0 Å². The second-order valence-corrected chi connectivity index (χ2v) is 5.76. The molecule has 0 aliphatic carbocycles. The third-order valence-electron chi connectivity index (χ3n) is 3.17. The van der Waals surface area contributed by atoms with Crippen molar-refractivity contribution >= 4 is 23.4 Å². The second kappa shape index (κ2) is 6.69. The summed E-state index contributed by atoms with van der Waals surface area (Å²) < 4.78 is 5.13. The quantitative estimate of drug-likeness (QED) is 0.908. The van der Waals surface area contributed by atoms with Crippen LogP contribution in [0.25, 0.3) is 0 Å². The molecule has 0 bridgehead atoms. The van der Waals surface area contributed by atoms with Crippen LogP contribution in [-0.2, 0) is 4.79 Å². The predicted molar refractivity (Wildman–Crippen MR) is 76.3 cm³/mol. The average Bonchev–Trinajstić information content (AvgIpc) is 2.40. The molecule has 18 heavy (non-hydrogen) atoms. The molecule has 1 aliphatic heterocycles. The van der Waals surface area contributed by atoms with Crippen molar-refractivity contribution < 1.29 is 9.53 Å². The zero-order valence-electron chi connectivity index (χ0n) is 10.6. The first-order chi connectivity index (χ1) is 8.78. The second-order valence-electron chi connectivity index (χ2n) is 4.54. The summed E-state index contributed by atoms with van der Waals surface area (Å²) in [4.78, 5) is 11.9. The van der Waals surface area contributed by atoms with Crippen LogP contribution >= 0.6 is 11.8 Å². The monoisotopic (exact) mass is 265 g/mol. The minimum Gasteiger partial charge on any atom is -0.497 e. The molecule has 0 atom stereocenters. The van der Waals surface area contributed by atoms with Gasteiger partial charge in [0.1, 0.15) is 5.75 Å². The van der Waals surface area contributed by atoms with Crippen LogP contribution in [0.1, 0.15) is 19.3 Å². The molecule has 98 valence electrons. The van der Waals surface area contributed by atoms with E-state index in [0.29, 0.717) is 12.3 Å². The van der Waals surface area contributed by atoms with Gasteiger partial charge < -0.3 is 10.1 Å². The molecule has 1 amide bonds. The smallest absolute Gasteiger partial charge is 0.224 e. The Hall–Kier alpha value is -1.16. The zero-order chi connectivity index (χ0) is 12.8. The number of carbonyl (C=O) groups excluding carboxylic acids is 1. The number of thioether (sulfide) groups is 1. The lowest BCUT2D eigenvalue weighted by Crippen LogP contribution is -2.19. The molecule has 1 N–H and O–H groups in total. The molecule has 2 rings (SSSR count). The number of anilines is 1. The fraction of sp³-hybridized carbons (Fsp3) is 0.500. The van der Waals surface area contributed by atoms with Crippen LogP contribution in [-0.4, -0.2) is 24.5 Å². The van der Waals surface area contributed by atoms with Crippen LogP contribution in [0, 0.1) is 5.92 Å². The summed E-state index contributed by atoms with van der Waals surface area (Å²) in [5.41, 5.74) is 0.810. The third-order valence-corrected chi connectivity index (χ3v) is 4.22. The third kappa shape index (κ3) is 3.95. The fourth-order valence-corrected chi connectivity index (χ4v) is 3.33. The first kappa shape index (κ1) is 13.3. The molecular formula is C14H19NO2S. The molecule has 3 nitrogen and oxygen atoms in total. The van der Waals surface area contributed by atoms with Gasteiger partial charge in [-0.1, -0.05) is 6.07 Å². The summed E-state index contributed by atoms with van der Waals surface area (Å²) in [6, 6.07) is 7.48. The van der Waals surface area contributed by atoms with Gasteiger partial charge >= 0.3 is 0 Å². The first-order valence-electron chi connectivity index (χ1n) is 6.29. The van der Waals surface area contributed by atoms with Gasteiger partial charge in [0.05, 0.1) is 7.11 Å². The Kier molecular flexibility index (Phi) is 4.93. The number of hydrogen-bond donors (Lipinski definition) is 1. The molecule has 1 heterocycles. The van der Waals surface area contributed by atoms with E-state index in [1.165, 1.54) is 11.5 Å². The van der Waals surface area contributed by atoms with Gasteiger partial charge in [0, 0.05) is 18.2 Å². The van der Waals surface area contributed by atoms with Crippen molar-refractivity contribution in [3.8, 4) is 5.75 Å². The lowest BCUT2D eigenvalue weighted by Gasteiger charge is -2.20. The van der Waals surface area contributed by atoms with Crippen molar-refractivity contribution in [2.75, 3.05) is 23.9 Å². The number of rotatable bonds is 4. The number of benzene rings is 1. The Balaban J connectivity index is 1.85. The topological polar surface area (TPSA) is 38.3 Å². The predicted octanol–water partition coefficient (Wildman–Crippen LogP) is 3.17. The van der Waals surface area contributed by atoms with E-state index < -0.39 is 0 Å². The highest BCUT2D eigenvalue weighted by Crippen LogP contribution is 2.26. The van der Waals surface area contributed by atoms with Crippen LogP contribution < -0.4 is 10.1 Å². The van der Waals surface area contributed by atoms with Crippen LogP contribution in [0.2, 0.25) is 0 Å². The van der Waals surface area contributed by atoms with Crippen molar-refractivity contribution in [2.24, 2.45) is 5.92 Å². The highest BCUT2D eigenvalue weighted by atomic mass is 32.2. The van der Waals surface area contributed by atoms with E-state index >= 15 is 0 Å². The Morgan fingerprint density at radius 3 is 2.94 bits per heavy atom. The Bertz CT molecular complexity index is 403. The Labute approximate surface area is 112 Å². The molecule has 0 saturated carbocycles. The Morgan fingerprint density at radius 2 is 2.22 bits per heavy atom. The van der Waals surface area contributed by atoms with Crippen molar-refractivity contribution in [2.45, 2.75) is 19.3 Å². The Morgan fingerprint density at radius 1 is 1.44 bits per heavy atom. The number of ether oxygens (including phenoxy) is 1. The summed E-state index contributed by atoms with van der Waals surface area (Å²) in [6.45, 7) is 0. The van der Waals surface area contributed by atoms with E-state index in [-0.39, 0.29) is 5.91 Å². The fourth-order valence-electron chi connectivity index (χ4n) is 2.13. The molecular weight excluding hydrogens is 246 g/mol.